The number of fused-ring (bicyclic) bond motifs is 5. The standard InChI is InChI=1S/C40H70O3/c1-5-6-7-8-9-10-11-12-13-14-15-16-17-18-37(41)31-25-27-39(3)32(29-31)20-21-33-35-23-22-34(30(2)19-24-38(42)43)40(35,4)28-26-36(33)39/h30-36H,5-29H2,1-4H3,(H,42,43)/t30-,31+,32-,33+,34-,35+,36+,39+,40-/m1/s1. The van der Waals surface area contributed by atoms with E-state index in [9.17, 15) is 14.7 Å². The fourth-order valence-electron chi connectivity index (χ4n) is 11.6. The highest BCUT2D eigenvalue weighted by atomic mass is 16.4. The first kappa shape index (κ1) is 35.0. The van der Waals surface area contributed by atoms with E-state index in [1.54, 1.807) is 0 Å². The maximum Gasteiger partial charge on any atom is 0.303 e. The molecule has 0 radical (unpaired) electrons. The molecule has 0 aromatic carbocycles. The van der Waals surface area contributed by atoms with E-state index in [0.717, 1.165) is 49.4 Å². The van der Waals surface area contributed by atoms with Crippen LogP contribution in [0, 0.1) is 52.3 Å². The van der Waals surface area contributed by atoms with Gasteiger partial charge in [-0.05, 0) is 117 Å². The molecule has 9 atom stereocenters. The van der Waals surface area contributed by atoms with Crippen LogP contribution in [0.1, 0.15) is 188 Å². The van der Waals surface area contributed by atoms with Gasteiger partial charge >= 0.3 is 5.97 Å². The summed E-state index contributed by atoms with van der Waals surface area (Å²) in [5.41, 5.74) is 0.840. The van der Waals surface area contributed by atoms with E-state index in [1.807, 2.05) is 0 Å². The molecular formula is C40H70O3. The molecule has 0 aliphatic heterocycles. The maximum absolute atomic E-state index is 13.3. The van der Waals surface area contributed by atoms with E-state index in [1.165, 1.54) is 128 Å². The molecule has 0 bridgehead atoms. The molecule has 4 aliphatic carbocycles. The van der Waals surface area contributed by atoms with Crippen molar-refractivity contribution in [1.82, 2.24) is 0 Å². The van der Waals surface area contributed by atoms with Crippen LogP contribution < -0.4 is 0 Å². The Labute approximate surface area is 266 Å². The second-order valence-corrected chi connectivity index (χ2v) is 16.7. The Kier molecular flexibility index (Phi) is 13.5. The first-order valence-corrected chi connectivity index (χ1v) is 19.4. The average molecular weight is 599 g/mol. The number of ketones is 1. The minimum Gasteiger partial charge on any atom is -0.481 e. The summed E-state index contributed by atoms with van der Waals surface area (Å²) in [5, 5.41) is 9.25. The van der Waals surface area contributed by atoms with E-state index in [0.29, 0.717) is 40.8 Å². The summed E-state index contributed by atoms with van der Waals surface area (Å²) in [6.07, 6.45) is 31.4. The molecule has 3 nitrogen and oxygen atoms in total. The predicted octanol–water partition coefficient (Wildman–Crippen LogP) is 11.8. The van der Waals surface area contributed by atoms with E-state index in [2.05, 4.69) is 27.7 Å². The Morgan fingerprint density at radius 1 is 0.698 bits per heavy atom. The second kappa shape index (κ2) is 16.6. The van der Waals surface area contributed by atoms with Gasteiger partial charge in [-0.15, -0.1) is 0 Å². The zero-order valence-corrected chi connectivity index (χ0v) is 29.0. The van der Waals surface area contributed by atoms with Gasteiger partial charge in [0, 0.05) is 18.8 Å². The van der Waals surface area contributed by atoms with Crippen LogP contribution in [-0.4, -0.2) is 16.9 Å². The first-order valence-electron chi connectivity index (χ1n) is 19.4. The van der Waals surface area contributed by atoms with E-state index in [-0.39, 0.29) is 0 Å². The van der Waals surface area contributed by atoms with Gasteiger partial charge in [0.1, 0.15) is 5.78 Å². The number of carboxylic acids is 1. The van der Waals surface area contributed by atoms with E-state index < -0.39 is 5.97 Å². The zero-order chi connectivity index (χ0) is 30.9. The van der Waals surface area contributed by atoms with Crippen molar-refractivity contribution >= 4 is 11.8 Å². The number of unbranched alkanes of at least 4 members (excludes halogenated alkanes) is 12. The summed E-state index contributed by atoms with van der Waals surface area (Å²) < 4.78 is 0. The quantitative estimate of drug-likeness (QED) is 0.150. The number of Topliss-reactive ketones (excluding diaryl/α,β-unsaturated/α-hetero) is 1. The lowest BCUT2D eigenvalue weighted by Gasteiger charge is -2.61. The highest BCUT2D eigenvalue weighted by Crippen LogP contribution is 2.68. The monoisotopic (exact) mass is 599 g/mol. The number of carbonyl (C=O) groups is 2. The molecular weight excluding hydrogens is 528 g/mol. The first-order chi connectivity index (χ1) is 20.7. The SMILES string of the molecule is CCCCCCCCCCCCCCCC(=O)[C@H]1CC[C@@]2(C)[C@H](CC[C@@H]3[C@@H]2CC[C@]2(C)[C@@H]([C@H](C)CCC(=O)O)CC[C@@H]32)C1. The molecule has 0 aromatic rings. The number of rotatable bonds is 19. The summed E-state index contributed by atoms with van der Waals surface area (Å²) in [6.45, 7) is 9.84. The average Bonchev–Trinajstić information content (AvgIpc) is 3.35. The van der Waals surface area contributed by atoms with Crippen LogP contribution >= 0.6 is 0 Å². The molecule has 248 valence electrons. The van der Waals surface area contributed by atoms with Crippen molar-refractivity contribution in [2.45, 2.75) is 188 Å². The van der Waals surface area contributed by atoms with Crippen LogP contribution in [0.25, 0.3) is 0 Å². The summed E-state index contributed by atoms with van der Waals surface area (Å²) >= 11 is 0. The molecule has 4 aliphatic rings. The molecule has 4 saturated carbocycles. The molecule has 0 amide bonds. The van der Waals surface area contributed by atoms with Crippen LogP contribution in [0.15, 0.2) is 0 Å². The lowest BCUT2D eigenvalue weighted by Crippen LogP contribution is -2.54. The summed E-state index contributed by atoms with van der Waals surface area (Å²) in [4.78, 5) is 24.5. The third kappa shape index (κ3) is 8.69. The van der Waals surface area contributed by atoms with E-state index in [4.69, 9.17) is 0 Å². The van der Waals surface area contributed by atoms with Gasteiger partial charge in [0.25, 0.3) is 0 Å². The van der Waals surface area contributed by atoms with Crippen LogP contribution in [0.3, 0.4) is 0 Å². The number of carbonyl (C=O) groups excluding carboxylic acids is 1. The normalized spacial score (nSPS) is 36.0. The van der Waals surface area contributed by atoms with Gasteiger partial charge in [-0.25, -0.2) is 0 Å². The van der Waals surface area contributed by atoms with Gasteiger partial charge in [0.05, 0.1) is 0 Å². The van der Waals surface area contributed by atoms with Crippen LogP contribution in [-0.2, 0) is 9.59 Å². The number of carboxylic acid groups (broad SMARTS) is 1. The minimum atomic E-state index is -0.639. The molecule has 0 spiro atoms. The van der Waals surface area contributed by atoms with Crippen molar-refractivity contribution in [1.29, 1.82) is 0 Å². The van der Waals surface area contributed by atoms with E-state index >= 15 is 0 Å². The van der Waals surface area contributed by atoms with Crippen molar-refractivity contribution in [3.8, 4) is 0 Å². The van der Waals surface area contributed by atoms with Gasteiger partial charge in [-0.3, -0.25) is 9.59 Å². The van der Waals surface area contributed by atoms with Crippen molar-refractivity contribution in [3.63, 3.8) is 0 Å². The smallest absolute Gasteiger partial charge is 0.303 e. The van der Waals surface area contributed by atoms with Crippen LogP contribution in [0.2, 0.25) is 0 Å². The van der Waals surface area contributed by atoms with Crippen molar-refractivity contribution in [2.75, 3.05) is 0 Å². The highest BCUT2D eigenvalue weighted by molar-refractivity contribution is 5.81. The third-order valence-corrected chi connectivity index (χ3v) is 14.2. The number of hydrogen-bond donors (Lipinski definition) is 1. The molecule has 4 rings (SSSR count). The van der Waals surface area contributed by atoms with Crippen LogP contribution in [0.5, 0.6) is 0 Å². The fourth-order valence-corrected chi connectivity index (χ4v) is 11.6. The third-order valence-electron chi connectivity index (χ3n) is 14.2. The summed E-state index contributed by atoms with van der Waals surface area (Å²) in [6, 6.07) is 0. The fraction of sp³-hybridized carbons (Fsp3) is 0.950. The number of hydrogen-bond acceptors (Lipinski definition) is 2. The Morgan fingerprint density at radius 2 is 1.28 bits per heavy atom. The Bertz CT molecular complexity index is 866. The van der Waals surface area contributed by atoms with Gasteiger partial charge < -0.3 is 5.11 Å². The lowest BCUT2D eigenvalue weighted by molar-refractivity contribution is -0.140. The van der Waals surface area contributed by atoms with Gasteiger partial charge in [-0.2, -0.15) is 0 Å². The lowest BCUT2D eigenvalue weighted by atomic mass is 9.44. The highest BCUT2D eigenvalue weighted by Gasteiger charge is 2.60. The minimum absolute atomic E-state index is 0.323. The second-order valence-electron chi connectivity index (χ2n) is 16.7. The number of aliphatic carboxylic acids is 1. The summed E-state index contributed by atoms with van der Waals surface area (Å²) in [7, 11) is 0. The van der Waals surface area contributed by atoms with Crippen LogP contribution in [0.4, 0.5) is 0 Å². The molecule has 1 N–H and O–H groups in total. The van der Waals surface area contributed by atoms with Gasteiger partial charge in [0.2, 0.25) is 0 Å². The molecule has 0 aromatic heterocycles. The summed E-state index contributed by atoms with van der Waals surface area (Å²) in [5.74, 6) is 4.79. The predicted molar refractivity (Wildman–Crippen MR) is 180 cm³/mol. The topological polar surface area (TPSA) is 54.4 Å². The Hall–Kier alpha value is -0.860. The maximum atomic E-state index is 13.3. The zero-order valence-electron chi connectivity index (χ0n) is 29.0. The Balaban J connectivity index is 1.15. The molecule has 0 unspecified atom stereocenters. The molecule has 0 heterocycles. The molecule has 4 fully saturated rings. The Morgan fingerprint density at radius 3 is 1.91 bits per heavy atom. The van der Waals surface area contributed by atoms with Crippen molar-refractivity contribution in [2.24, 2.45) is 52.3 Å². The van der Waals surface area contributed by atoms with Crippen molar-refractivity contribution in [3.05, 3.63) is 0 Å². The van der Waals surface area contributed by atoms with Gasteiger partial charge in [-0.1, -0.05) is 105 Å². The molecule has 43 heavy (non-hydrogen) atoms. The van der Waals surface area contributed by atoms with Gasteiger partial charge in [0.15, 0.2) is 0 Å². The molecule has 0 saturated heterocycles. The largest absolute Gasteiger partial charge is 0.481 e. The van der Waals surface area contributed by atoms with Crippen molar-refractivity contribution < 1.29 is 14.7 Å². The molecule has 3 heteroatoms.